The zero-order valence-electron chi connectivity index (χ0n) is 37.0. The third-order valence-corrected chi connectivity index (χ3v) is 13.7. The highest BCUT2D eigenvalue weighted by Gasteiger charge is 2.11. The van der Waals surface area contributed by atoms with Crippen LogP contribution in [-0.2, 0) is 19.2 Å². The summed E-state index contributed by atoms with van der Waals surface area (Å²) in [6.45, 7) is 4.00. The summed E-state index contributed by atoms with van der Waals surface area (Å²) in [5, 5.41) is 33.6. The van der Waals surface area contributed by atoms with Gasteiger partial charge in [0.25, 0.3) is 0 Å². The number of carbonyl (C=O) groups is 4. The highest BCUT2D eigenvalue weighted by Crippen LogP contribution is 2.30. The predicted molar refractivity (Wildman–Crippen MR) is 273 cm³/mol. The Labute approximate surface area is 404 Å². The summed E-state index contributed by atoms with van der Waals surface area (Å²) < 4.78 is 0. The van der Waals surface area contributed by atoms with Gasteiger partial charge < -0.3 is 0 Å². The van der Waals surface area contributed by atoms with E-state index in [2.05, 4.69) is 18.2 Å². The van der Waals surface area contributed by atoms with E-state index in [4.69, 9.17) is 15.8 Å². The average Bonchev–Trinajstić information content (AvgIpc) is 3.34. The van der Waals surface area contributed by atoms with Crippen LogP contribution in [0.5, 0.6) is 0 Å². The summed E-state index contributed by atoms with van der Waals surface area (Å²) in [4.78, 5) is 52.6. The molecule has 11 heteroatoms. The molecule has 0 radical (unpaired) electrons. The van der Waals surface area contributed by atoms with Gasteiger partial charge in [-0.3, -0.25) is 19.2 Å². The highest BCUT2D eigenvalue weighted by atomic mass is 32.2. The van der Waals surface area contributed by atoms with E-state index in [9.17, 15) is 19.2 Å². The minimum Gasteiger partial charge on any atom is -0.287 e. The Hall–Kier alpha value is -6.13. The molecule has 0 aliphatic rings. The lowest BCUT2D eigenvalue weighted by atomic mass is 10.1. The maximum atomic E-state index is 12.4. The molecular weight excluding hydrogens is 895 g/mol. The number of benzene rings is 7. The first kappa shape index (κ1) is 50.9. The van der Waals surface area contributed by atoms with E-state index < -0.39 is 0 Å². The second-order valence-electron chi connectivity index (χ2n) is 14.8. The Balaban J connectivity index is 0.000000243. The molecule has 7 nitrogen and oxygen atoms in total. The molecule has 0 unspecified atom stereocenters. The van der Waals surface area contributed by atoms with E-state index in [-0.39, 0.29) is 20.5 Å². The van der Waals surface area contributed by atoms with Crippen LogP contribution >= 0.6 is 47.0 Å². The van der Waals surface area contributed by atoms with Crippen molar-refractivity contribution < 1.29 is 19.2 Å². The summed E-state index contributed by atoms with van der Waals surface area (Å²) in [5.41, 5.74) is 1.88. The van der Waals surface area contributed by atoms with Crippen LogP contribution < -0.4 is 0 Å². The lowest BCUT2D eigenvalue weighted by molar-refractivity contribution is -0.112. The maximum absolute atomic E-state index is 12.4. The lowest BCUT2D eigenvalue weighted by Crippen LogP contribution is -1.94. The van der Waals surface area contributed by atoms with Crippen LogP contribution in [0, 0.1) is 34.0 Å². The molecule has 66 heavy (non-hydrogen) atoms. The van der Waals surface area contributed by atoms with E-state index in [1.54, 1.807) is 18.2 Å². The maximum Gasteiger partial charge on any atom is 0.193 e. The summed E-state index contributed by atoms with van der Waals surface area (Å²) >= 11 is 5.03. The fourth-order valence-corrected chi connectivity index (χ4v) is 10.0. The third kappa shape index (κ3) is 16.7. The van der Waals surface area contributed by atoms with E-state index in [1.165, 1.54) is 47.0 Å². The molecule has 0 amide bonds. The van der Waals surface area contributed by atoms with Crippen molar-refractivity contribution in [3.8, 4) is 18.2 Å². The Bertz CT molecular complexity index is 2820. The molecule has 0 heterocycles. The van der Waals surface area contributed by atoms with Crippen LogP contribution in [0.4, 0.5) is 0 Å². The molecule has 7 aromatic carbocycles. The number of thioether (sulfide) groups is 4. The zero-order chi connectivity index (χ0) is 47.1. The third-order valence-electron chi connectivity index (χ3n) is 10.0. The van der Waals surface area contributed by atoms with Gasteiger partial charge in [0.05, 0.1) is 34.9 Å². The Kier molecular flexibility index (Phi) is 21.1. The largest absolute Gasteiger partial charge is 0.287 e. The first-order valence-electron chi connectivity index (χ1n) is 21.9. The van der Waals surface area contributed by atoms with Gasteiger partial charge in [-0.15, -0.1) is 0 Å². The van der Waals surface area contributed by atoms with Crippen LogP contribution in [0.3, 0.4) is 0 Å². The van der Waals surface area contributed by atoms with Crippen molar-refractivity contribution in [3.05, 3.63) is 156 Å². The molecule has 0 saturated heterocycles. The van der Waals surface area contributed by atoms with E-state index in [1.807, 2.05) is 135 Å². The standard InChI is InChI=1S/C29H22N2O2S2.C24H21NO2S2.C2H6/c30-18-20-6-8-24-16-26(12-10-22(24)14-20)34-28(32)4-2-1-3-5-29(33)35-27-13-11-23-15-21(19-31)7-9-25(23)17-27;25-17-18-11-12-20-16-22(14-13-19(20)15-18)29-24(27)10-6-2-5-9-23(26)28-21-7-3-1-4-8-21;1-2/h6-17H,1-5H2;1,3-4,7-8,11-16H,2,5-6,9-10H2;1-2H3. The molecule has 7 aromatic rings. The summed E-state index contributed by atoms with van der Waals surface area (Å²) in [6, 6.07) is 50.2. The van der Waals surface area contributed by atoms with Crippen LogP contribution in [0.1, 0.15) is 94.7 Å². The molecule has 0 bridgehead atoms. The van der Waals surface area contributed by atoms with Crippen LogP contribution in [0.2, 0.25) is 0 Å². The minimum atomic E-state index is 0.120. The summed E-state index contributed by atoms with van der Waals surface area (Å²) in [5.74, 6) is 0. The first-order chi connectivity index (χ1) is 32.2. The van der Waals surface area contributed by atoms with Crippen molar-refractivity contribution in [3.63, 3.8) is 0 Å². The Morgan fingerprint density at radius 2 is 0.621 bits per heavy atom. The van der Waals surface area contributed by atoms with E-state index in [0.717, 1.165) is 90.4 Å². The number of nitrogens with zero attached hydrogens (tertiary/aromatic N) is 3. The second kappa shape index (κ2) is 27.4. The molecule has 0 aromatic heterocycles. The molecule has 0 fully saturated rings. The number of unbranched alkanes of at least 4 members (excludes halogenated alkanes) is 4. The first-order valence-corrected chi connectivity index (χ1v) is 25.1. The quantitative estimate of drug-likeness (QED) is 0.0675. The number of fused-ring (bicyclic) bond motifs is 3. The minimum absolute atomic E-state index is 0.120. The molecule has 0 aliphatic carbocycles. The normalized spacial score (nSPS) is 10.4. The number of nitriles is 3. The molecule has 7 rings (SSSR count). The van der Waals surface area contributed by atoms with Gasteiger partial charge in [0.1, 0.15) is 0 Å². The van der Waals surface area contributed by atoms with E-state index in [0.29, 0.717) is 42.4 Å². The predicted octanol–water partition coefficient (Wildman–Crippen LogP) is 15.3. The van der Waals surface area contributed by atoms with Gasteiger partial charge in [0.2, 0.25) is 0 Å². The van der Waals surface area contributed by atoms with Crippen molar-refractivity contribution in [1.82, 2.24) is 0 Å². The van der Waals surface area contributed by atoms with Crippen LogP contribution in [0.25, 0.3) is 32.3 Å². The molecule has 0 atom stereocenters. The number of carbonyl (C=O) groups excluding carboxylic acids is 4. The summed E-state index contributed by atoms with van der Waals surface area (Å²) in [7, 11) is 0. The van der Waals surface area contributed by atoms with Gasteiger partial charge in [-0.05, 0) is 143 Å². The monoisotopic (exact) mass is 943 g/mol. The molecule has 332 valence electrons. The number of hydrogen-bond donors (Lipinski definition) is 0. The molecular formula is C55H49N3O4S4. The highest BCUT2D eigenvalue weighted by molar-refractivity contribution is 8.14. The molecule has 0 N–H and O–H groups in total. The van der Waals surface area contributed by atoms with Crippen molar-refractivity contribution in [1.29, 1.82) is 15.8 Å². The van der Waals surface area contributed by atoms with Crippen LogP contribution in [0.15, 0.2) is 159 Å². The van der Waals surface area contributed by atoms with Crippen molar-refractivity contribution in [2.24, 2.45) is 0 Å². The fourth-order valence-electron chi connectivity index (χ4n) is 6.72. The summed E-state index contributed by atoms with van der Waals surface area (Å²) in [6.07, 6.45) is 6.86. The van der Waals surface area contributed by atoms with Crippen molar-refractivity contribution in [2.45, 2.75) is 97.6 Å². The number of rotatable bonds is 16. The zero-order valence-corrected chi connectivity index (χ0v) is 40.2. The topological polar surface area (TPSA) is 140 Å². The smallest absolute Gasteiger partial charge is 0.193 e. The van der Waals surface area contributed by atoms with Gasteiger partial charge in [-0.25, -0.2) is 0 Å². The van der Waals surface area contributed by atoms with Gasteiger partial charge in [-0.2, -0.15) is 15.8 Å². The molecule has 0 saturated carbocycles. The molecule has 0 aliphatic heterocycles. The second-order valence-corrected chi connectivity index (χ2v) is 19.4. The van der Waals surface area contributed by atoms with Crippen molar-refractivity contribution in [2.75, 3.05) is 0 Å². The fraction of sp³-hybridized carbons (Fsp3) is 0.218. The van der Waals surface area contributed by atoms with Gasteiger partial charge in [-0.1, -0.05) is 128 Å². The van der Waals surface area contributed by atoms with Crippen LogP contribution in [-0.4, -0.2) is 20.5 Å². The van der Waals surface area contributed by atoms with Gasteiger partial charge in [0, 0.05) is 45.3 Å². The number of hydrogen-bond acceptors (Lipinski definition) is 11. The van der Waals surface area contributed by atoms with Crippen molar-refractivity contribution >= 4 is 99.8 Å². The average molecular weight is 944 g/mol. The lowest BCUT2D eigenvalue weighted by Gasteiger charge is -2.05. The molecule has 0 spiro atoms. The SMILES string of the molecule is CC.N#Cc1ccc2cc(SC(=O)CCCCCC(=O)Sc3ccc4cc(C#N)ccc4c3)ccc2c1.N#Cc1ccc2cc(SC(=O)CCCCCC(=O)Sc3ccccc3)ccc2c1. The van der Waals surface area contributed by atoms with E-state index >= 15 is 0 Å². The Morgan fingerprint density at radius 1 is 0.348 bits per heavy atom. The van der Waals surface area contributed by atoms with Gasteiger partial charge in [0.15, 0.2) is 20.5 Å². The van der Waals surface area contributed by atoms with Gasteiger partial charge >= 0.3 is 0 Å². The Morgan fingerprint density at radius 3 is 0.924 bits per heavy atom.